The van der Waals surface area contributed by atoms with Gasteiger partial charge in [-0.15, -0.1) is 0 Å². The summed E-state index contributed by atoms with van der Waals surface area (Å²) >= 11 is 0. The van der Waals surface area contributed by atoms with Gasteiger partial charge in [0.05, 0.1) is 0 Å². The molecule has 0 aromatic carbocycles. The Morgan fingerprint density at radius 2 is 1.07 bits per heavy atom. The van der Waals surface area contributed by atoms with Crippen molar-refractivity contribution >= 4 is 20.0 Å². The van der Waals surface area contributed by atoms with Gasteiger partial charge in [-0.25, -0.2) is 16.8 Å². The topological polar surface area (TPSA) is 91.3 Å². The van der Waals surface area contributed by atoms with Gasteiger partial charge in [0.15, 0.2) is 9.84 Å². The molecule has 0 saturated carbocycles. The first-order valence-corrected chi connectivity index (χ1v) is 5.85. The van der Waals surface area contributed by atoms with Crippen LogP contribution in [0.3, 0.4) is 0 Å². The first-order chi connectivity index (χ1) is 5.68. The Hall–Kier alpha value is 0.0800. The smallest absolute Gasteiger partial charge is 0.745 e. The molecule has 14 heavy (non-hydrogen) atoms. The van der Waals surface area contributed by atoms with Gasteiger partial charge in [0.2, 0.25) is 0 Å². The summed E-state index contributed by atoms with van der Waals surface area (Å²) in [6.45, 7) is 8.82. The number of sulfone groups is 1. The van der Waals surface area contributed by atoms with Crippen LogP contribution in [0.4, 0.5) is 0 Å². The van der Waals surface area contributed by atoms with Crippen molar-refractivity contribution in [1.29, 1.82) is 0 Å². The van der Waals surface area contributed by atoms with Crippen LogP contribution >= 0.6 is 0 Å². The molecule has 0 aromatic heterocycles. The van der Waals surface area contributed by atoms with E-state index in [0.717, 1.165) is 10.8 Å². The fraction of sp³-hybridized carbons (Fsp3) is 0. The molecule has 5 nitrogen and oxygen atoms in total. The zero-order valence-corrected chi connectivity index (χ0v) is 11.3. The van der Waals surface area contributed by atoms with Crippen LogP contribution in [-0.4, -0.2) is 21.4 Å². The Morgan fingerprint density at radius 3 is 1.07 bits per heavy atom. The summed E-state index contributed by atoms with van der Waals surface area (Å²) in [6.07, 6.45) is 0. The van der Waals surface area contributed by atoms with Gasteiger partial charge < -0.3 is 4.55 Å². The molecular formula is C6H9NaO5S2. The molecule has 0 aromatic rings. The van der Waals surface area contributed by atoms with Crippen molar-refractivity contribution in [3.63, 3.8) is 0 Å². The molecular weight excluding hydrogens is 239 g/mol. The van der Waals surface area contributed by atoms with Crippen LogP contribution in [0.2, 0.25) is 0 Å². The molecule has 0 aliphatic rings. The van der Waals surface area contributed by atoms with Crippen LogP contribution in [0.5, 0.6) is 0 Å². The Balaban J connectivity index is -0.000000163. The molecule has 0 radical (unpaired) electrons. The van der Waals surface area contributed by atoms with Crippen molar-refractivity contribution in [3.8, 4) is 0 Å². The average Bonchev–Trinajstić information content (AvgIpc) is 2.04. The zero-order chi connectivity index (χ0) is 11.1. The zero-order valence-electron chi connectivity index (χ0n) is 7.71. The van der Waals surface area contributed by atoms with E-state index in [0.29, 0.717) is 5.41 Å². The van der Waals surface area contributed by atoms with Crippen molar-refractivity contribution in [3.05, 3.63) is 36.0 Å². The maximum absolute atomic E-state index is 10.1. The summed E-state index contributed by atoms with van der Waals surface area (Å²) in [5.41, 5.74) is 0. The predicted octanol–water partition coefficient (Wildman–Crippen LogP) is -2.63. The van der Waals surface area contributed by atoms with Gasteiger partial charge in [0.25, 0.3) is 0 Å². The third kappa shape index (κ3) is 18.0. The molecule has 0 rings (SSSR count). The van der Waals surface area contributed by atoms with Crippen molar-refractivity contribution < 1.29 is 50.9 Å². The van der Waals surface area contributed by atoms with Gasteiger partial charge in [-0.1, -0.05) is 19.7 Å². The summed E-state index contributed by atoms with van der Waals surface area (Å²) in [4.78, 5) is 0. The van der Waals surface area contributed by atoms with Gasteiger partial charge in [0.1, 0.15) is 10.1 Å². The normalized spacial score (nSPS) is 9.79. The van der Waals surface area contributed by atoms with E-state index in [1.165, 1.54) is 0 Å². The number of hydrogen-bond acceptors (Lipinski definition) is 5. The van der Waals surface area contributed by atoms with E-state index in [1.807, 2.05) is 0 Å². The molecule has 0 amide bonds. The second-order valence-corrected chi connectivity index (χ2v) is 4.75. The molecule has 0 fully saturated rings. The van der Waals surface area contributed by atoms with E-state index in [-0.39, 0.29) is 29.6 Å². The van der Waals surface area contributed by atoms with Crippen LogP contribution in [-0.2, 0) is 20.0 Å². The second kappa shape index (κ2) is 8.39. The van der Waals surface area contributed by atoms with Crippen molar-refractivity contribution in [1.82, 2.24) is 0 Å². The Labute approximate surface area is 106 Å². The molecule has 0 N–H and O–H groups in total. The molecule has 0 heterocycles. The third-order valence-corrected chi connectivity index (χ3v) is 2.01. The first kappa shape index (κ1) is 19.6. The van der Waals surface area contributed by atoms with Crippen LogP contribution in [0.15, 0.2) is 36.0 Å². The van der Waals surface area contributed by atoms with Crippen molar-refractivity contribution in [2.75, 3.05) is 0 Å². The number of hydrogen-bond donors (Lipinski definition) is 0. The van der Waals surface area contributed by atoms with E-state index < -0.39 is 20.0 Å². The molecule has 0 aliphatic heterocycles. The second-order valence-electron chi connectivity index (χ2n) is 1.58. The molecule has 0 atom stereocenters. The Bertz CT molecular complexity index is 353. The quantitative estimate of drug-likeness (QED) is 0.402. The SMILES string of the molecule is C=CS(=O)(=O)C=C.C=CS(=O)(=O)[O-].[Na+]. The summed E-state index contributed by atoms with van der Waals surface area (Å²) in [5.74, 6) is 0. The van der Waals surface area contributed by atoms with Crippen molar-refractivity contribution in [2.45, 2.75) is 0 Å². The van der Waals surface area contributed by atoms with Gasteiger partial charge in [-0.3, -0.25) is 0 Å². The minimum absolute atomic E-state index is 0. The van der Waals surface area contributed by atoms with Gasteiger partial charge in [-0.05, 0) is 0 Å². The standard InChI is InChI=1S/C4H6O2S.C2H4O3S.Na/c1-3-7(5,6)4-2;1-2-6(3,4)5;/h3-4H,1-2H2;2H,1H2,(H,3,4,5);/q;;+1/p-1. The maximum Gasteiger partial charge on any atom is 1.00 e. The molecule has 0 spiro atoms. The van der Waals surface area contributed by atoms with E-state index >= 15 is 0 Å². The van der Waals surface area contributed by atoms with Crippen LogP contribution in [0.1, 0.15) is 0 Å². The third-order valence-electron chi connectivity index (χ3n) is 0.669. The maximum atomic E-state index is 10.1. The van der Waals surface area contributed by atoms with Gasteiger partial charge >= 0.3 is 29.6 Å². The minimum atomic E-state index is -4.15. The minimum Gasteiger partial charge on any atom is -0.745 e. The molecule has 0 bridgehead atoms. The van der Waals surface area contributed by atoms with E-state index in [2.05, 4.69) is 19.7 Å². The monoisotopic (exact) mass is 248 g/mol. The Kier molecular flexibility index (Phi) is 11.8. The van der Waals surface area contributed by atoms with Crippen molar-refractivity contribution in [2.24, 2.45) is 0 Å². The fourth-order valence-electron chi connectivity index (χ4n) is 0.0680. The molecule has 0 saturated heterocycles. The summed E-state index contributed by atoms with van der Waals surface area (Å²) in [6, 6.07) is 0. The summed E-state index contributed by atoms with van der Waals surface area (Å²) in [5, 5.41) is 2.05. The molecule has 76 valence electrons. The summed E-state index contributed by atoms with van der Waals surface area (Å²) < 4.78 is 48.2. The van der Waals surface area contributed by atoms with E-state index in [4.69, 9.17) is 0 Å². The molecule has 0 unspecified atom stereocenters. The van der Waals surface area contributed by atoms with Crippen LogP contribution in [0.25, 0.3) is 0 Å². The van der Waals surface area contributed by atoms with Gasteiger partial charge in [0, 0.05) is 16.2 Å². The Morgan fingerprint density at radius 1 is 0.857 bits per heavy atom. The van der Waals surface area contributed by atoms with E-state index in [9.17, 15) is 21.4 Å². The number of rotatable bonds is 3. The van der Waals surface area contributed by atoms with E-state index in [1.54, 1.807) is 0 Å². The average molecular weight is 248 g/mol. The molecule has 8 heteroatoms. The fourth-order valence-corrected chi connectivity index (χ4v) is 0.204. The van der Waals surface area contributed by atoms with Crippen LogP contribution in [0, 0.1) is 0 Å². The van der Waals surface area contributed by atoms with Crippen LogP contribution < -0.4 is 29.6 Å². The largest absolute Gasteiger partial charge is 1.00 e. The van der Waals surface area contributed by atoms with Gasteiger partial charge in [-0.2, -0.15) is 0 Å². The first-order valence-electron chi connectivity index (χ1n) is 2.77. The molecule has 0 aliphatic carbocycles. The predicted molar refractivity (Wildman–Crippen MR) is 49.2 cm³/mol. The summed E-state index contributed by atoms with van der Waals surface area (Å²) in [7, 11) is -7.28.